The van der Waals surface area contributed by atoms with Crippen LogP contribution in [0, 0.1) is 6.92 Å². The Morgan fingerprint density at radius 1 is 1.40 bits per heavy atom. The van der Waals surface area contributed by atoms with Gasteiger partial charge in [-0.1, -0.05) is 17.3 Å². The Hall–Kier alpha value is -1.89. The molecular formula is C13H15N3O3S. The van der Waals surface area contributed by atoms with Crippen molar-refractivity contribution in [2.45, 2.75) is 19.3 Å². The molecule has 1 saturated heterocycles. The van der Waals surface area contributed by atoms with Crippen molar-refractivity contribution in [2.24, 2.45) is 0 Å². The van der Waals surface area contributed by atoms with E-state index in [1.54, 1.807) is 0 Å². The van der Waals surface area contributed by atoms with Crippen molar-refractivity contribution in [3.8, 4) is 11.5 Å². The third kappa shape index (κ3) is 2.29. The highest BCUT2D eigenvalue weighted by Crippen LogP contribution is 2.31. The van der Waals surface area contributed by atoms with Crippen molar-refractivity contribution in [3.05, 3.63) is 29.6 Å². The number of nitrogen functional groups attached to an aromatic ring is 1. The lowest BCUT2D eigenvalue weighted by Crippen LogP contribution is -2.05. The SMILES string of the molecule is Cc1cccc(-c2nc(C3CCS(=O)(=O)C3)no2)c1N. The van der Waals surface area contributed by atoms with E-state index in [0.717, 1.165) is 5.56 Å². The van der Waals surface area contributed by atoms with Crippen LogP contribution < -0.4 is 5.73 Å². The molecule has 2 heterocycles. The molecule has 1 aliphatic rings. The highest BCUT2D eigenvalue weighted by atomic mass is 32.2. The summed E-state index contributed by atoms with van der Waals surface area (Å²) in [6, 6.07) is 5.58. The molecule has 1 atom stereocenters. The van der Waals surface area contributed by atoms with Gasteiger partial charge in [0.25, 0.3) is 5.89 Å². The van der Waals surface area contributed by atoms with Gasteiger partial charge in [-0.25, -0.2) is 8.42 Å². The average Bonchev–Trinajstić information content (AvgIpc) is 2.99. The lowest BCUT2D eigenvalue weighted by molar-refractivity contribution is 0.418. The van der Waals surface area contributed by atoms with Crippen LogP contribution in [0.25, 0.3) is 11.5 Å². The highest BCUT2D eigenvalue weighted by molar-refractivity contribution is 7.91. The van der Waals surface area contributed by atoms with Gasteiger partial charge in [0.05, 0.1) is 17.1 Å². The Morgan fingerprint density at radius 2 is 2.20 bits per heavy atom. The molecule has 3 rings (SSSR count). The molecule has 1 aliphatic heterocycles. The number of aromatic nitrogens is 2. The highest BCUT2D eigenvalue weighted by Gasteiger charge is 2.32. The quantitative estimate of drug-likeness (QED) is 0.843. The van der Waals surface area contributed by atoms with E-state index in [-0.39, 0.29) is 17.4 Å². The largest absolute Gasteiger partial charge is 0.398 e. The van der Waals surface area contributed by atoms with E-state index < -0.39 is 9.84 Å². The van der Waals surface area contributed by atoms with Crippen LogP contribution >= 0.6 is 0 Å². The average molecular weight is 293 g/mol. The van der Waals surface area contributed by atoms with Crippen LogP contribution in [0.1, 0.15) is 23.7 Å². The van der Waals surface area contributed by atoms with Gasteiger partial charge in [0.15, 0.2) is 15.7 Å². The molecule has 0 bridgehead atoms. The molecule has 0 amide bonds. The van der Waals surface area contributed by atoms with Gasteiger partial charge in [-0.2, -0.15) is 4.98 Å². The topological polar surface area (TPSA) is 99.1 Å². The summed E-state index contributed by atoms with van der Waals surface area (Å²) in [7, 11) is -2.96. The summed E-state index contributed by atoms with van der Waals surface area (Å²) in [5.41, 5.74) is 8.22. The first kappa shape index (κ1) is 13.1. The zero-order chi connectivity index (χ0) is 14.3. The first-order chi connectivity index (χ1) is 9.46. The van der Waals surface area contributed by atoms with Gasteiger partial charge in [-0.15, -0.1) is 0 Å². The molecule has 7 heteroatoms. The Bertz CT molecular complexity index is 752. The molecule has 6 nitrogen and oxygen atoms in total. The van der Waals surface area contributed by atoms with Crippen LogP contribution in [0.3, 0.4) is 0 Å². The van der Waals surface area contributed by atoms with E-state index in [0.29, 0.717) is 29.4 Å². The van der Waals surface area contributed by atoms with E-state index in [4.69, 9.17) is 10.3 Å². The maximum absolute atomic E-state index is 11.5. The Morgan fingerprint density at radius 3 is 2.90 bits per heavy atom. The molecule has 106 valence electrons. The number of sulfone groups is 1. The summed E-state index contributed by atoms with van der Waals surface area (Å²) in [5.74, 6) is 0.889. The van der Waals surface area contributed by atoms with Crippen LogP contribution in [0.5, 0.6) is 0 Å². The van der Waals surface area contributed by atoms with Gasteiger partial charge in [0.1, 0.15) is 0 Å². The predicted molar refractivity (Wildman–Crippen MR) is 74.9 cm³/mol. The number of hydrogen-bond donors (Lipinski definition) is 1. The molecule has 0 aliphatic carbocycles. The number of nitrogens with two attached hydrogens (primary N) is 1. The molecule has 0 spiro atoms. The van der Waals surface area contributed by atoms with Crippen molar-refractivity contribution in [1.29, 1.82) is 0 Å². The normalized spacial score (nSPS) is 21.1. The summed E-state index contributed by atoms with van der Waals surface area (Å²) in [6.07, 6.45) is 0.546. The van der Waals surface area contributed by atoms with Gasteiger partial charge >= 0.3 is 0 Å². The van der Waals surface area contributed by atoms with E-state index in [2.05, 4.69) is 10.1 Å². The number of anilines is 1. The van der Waals surface area contributed by atoms with E-state index >= 15 is 0 Å². The fourth-order valence-electron chi connectivity index (χ4n) is 2.38. The number of hydrogen-bond acceptors (Lipinski definition) is 6. The molecule has 1 aromatic carbocycles. The summed E-state index contributed by atoms with van der Waals surface area (Å²) in [5, 5.41) is 3.90. The molecule has 2 aromatic rings. The van der Waals surface area contributed by atoms with Gasteiger partial charge in [0, 0.05) is 11.6 Å². The Balaban J connectivity index is 1.93. The van der Waals surface area contributed by atoms with Gasteiger partial charge in [-0.3, -0.25) is 0 Å². The lowest BCUT2D eigenvalue weighted by Gasteiger charge is -2.03. The molecule has 0 radical (unpaired) electrons. The van der Waals surface area contributed by atoms with Crippen LogP contribution in [-0.2, 0) is 9.84 Å². The molecular weight excluding hydrogens is 278 g/mol. The van der Waals surface area contributed by atoms with Crippen LogP contribution in [0.2, 0.25) is 0 Å². The van der Waals surface area contributed by atoms with Gasteiger partial charge in [-0.05, 0) is 25.0 Å². The van der Waals surface area contributed by atoms with Crippen molar-refractivity contribution < 1.29 is 12.9 Å². The van der Waals surface area contributed by atoms with Gasteiger partial charge in [0.2, 0.25) is 0 Å². The summed E-state index contributed by atoms with van der Waals surface area (Å²) in [4.78, 5) is 4.31. The molecule has 2 N–H and O–H groups in total. The number of benzene rings is 1. The molecule has 1 unspecified atom stereocenters. The smallest absolute Gasteiger partial charge is 0.260 e. The van der Waals surface area contributed by atoms with Gasteiger partial charge < -0.3 is 10.3 Å². The number of nitrogens with zero attached hydrogens (tertiary/aromatic N) is 2. The van der Waals surface area contributed by atoms with Crippen LogP contribution in [0.15, 0.2) is 22.7 Å². The molecule has 0 saturated carbocycles. The number of para-hydroxylation sites is 1. The molecule has 20 heavy (non-hydrogen) atoms. The fraction of sp³-hybridized carbons (Fsp3) is 0.385. The minimum atomic E-state index is -2.96. The van der Waals surface area contributed by atoms with Crippen molar-refractivity contribution in [1.82, 2.24) is 10.1 Å². The second-order valence-electron chi connectivity index (χ2n) is 5.09. The zero-order valence-electron chi connectivity index (χ0n) is 11.0. The summed E-state index contributed by atoms with van der Waals surface area (Å²) < 4.78 is 28.2. The van der Waals surface area contributed by atoms with E-state index in [9.17, 15) is 8.42 Å². The minimum Gasteiger partial charge on any atom is -0.398 e. The van der Waals surface area contributed by atoms with Crippen LogP contribution in [-0.4, -0.2) is 30.1 Å². The van der Waals surface area contributed by atoms with E-state index in [1.807, 2.05) is 25.1 Å². The second kappa shape index (κ2) is 4.59. The predicted octanol–water partition coefficient (Wildman–Crippen LogP) is 1.53. The maximum Gasteiger partial charge on any atom is 0.260 e. The van der Waals surface area contributed by atoms with Crippen molar-refractivity contribution in [2.75, 3.05) is 17.2 Å². The third-order valence-corrected chi connectivity index (χ3v) is 5.36. The van der Waals surface area contributed by atoms with Crippen molar-refractivity contribution >= 4 is 15.5 Å². The standard InChI is InChI=1S/C13H15N3O3S/c1-8-3-2-4-10(11(8)14)13-15-12(16-19-13)9-5-6-20(17,18)7-9/h2-4,9H,5-7,14H2,1H3. The Labute approximate surface area is 116 Å². The van der Waals surface area contributed by atoms with Crippen molar-refractivity contribution in [3.63, 3.8) is 0 Å². The van der Waals surface area contributed by atoms with E-state index in [1.165, 1.54) is 0 Å². The number of rotatable bonds is 2. The monoisotopic (exact) mass is 293 g/mol. The maximum atomic E-state index is 11.5. The lowest BCUT2D eigenvalue weighted by atomic mass is 10.1. The molecule has 1 aromatic heterocycles. The third-order valence-electron chi connectivity index (χ3n) is 3.59. The Kier molecular flexibility index (Phi) is 3.01. The first-order valence-corrected chi connectivity index (χ1v) is 8.18. The second-order valence-corrected chi connectivity index (χ2v) is 7.32. The first-order valence-electron chi connectivity index (χ1n) is 6.36. The molecule has 1 fully saturated rings. The summed E-state index contributed by atoms with van der Waals surface area (Å²) in [6.45, 7) is 1.90. The fourth-order valence-corrected chi connectivity index (χ4v) is 4.11. The minimum absolute atomic E-state index is 0.0925. The number of aryl methyl sites for hydroxylation is 1. The van der Waals surface area contributed by atoms with Crippen LogP contribution in [0.4, 0.5) is 5.69 Å². The summed E-state index contributed by atoms with van der Waals surface area (Å²) >= 11 is 0. The zero-order valence-corrected chi connectivity index (χ0v) is 11.9.